The Bertz CT molecular complexity index is 288. The maximum absolute atomic E-state index is 5.47. The molecule has 0 saturated carbocycles. The molecule has 1 aliphatic heterocycles. The third-order valence-corrected chi connectivity index (χ3v) is 2.19. The van der Waals surface area contributed by atoms with E-state index in [1.807, 2.05) is 6.07 Å². The molecule has 3 heteroatoms. The lowest BCUT2D eigenvalue weighted by Crippen LogP contribution is -2.02. The Labute approximate surface area is 84.5 Å². The second-order valence-corrected chi connectivity index (χ2v) is 3.08. The van der Waals surface area contributed by atoms with Crippen LogP contribution in [0.4, 0.5) is 0 Å². The van der Waals surface area contributed by atoms with Gasteiger partial charge in [0.1, 0.15) is 5.75 Å². The Morgan fingerprint density at radius 3 is 3.00 bits per heavy atom. The number of hydrogen-bond acceptors (Lipinski definition) is 2. The van der Waals surface area contributed by atoms with Gasteiger partial charge >= 0.3 is 0 Å². The quantitative estimate of drug-likeness (QED) is 0.785. The van der Waals surface area contributed by atoms with Gasteiger partial charge in [0.2, 0.25) is 0 Å². The maximum atomic E-state index is 5.47. The topological polar surface area (TPSA) is 35.2 Å². The van der Waals surface area contributed by atoms with Crippen molar-refractivity contribution in [3.63, 3.8) is 0 Å². The number of rotatable bonds is 2. The zero-order valence-electron chi connectivity index (χ0n) is 7.45. The number of hydrogen-bond donors (Lipinski definition) is 1. The van der Waals surface area contributed by atoms with Crippen LogP contribution < -0.4 is 10.5 Å². The Kier molecular flexibility index (Phi) is 3.58. The number of fused-ring (bicyclic) bond motifs is 1. The van der Waals surface area contributed by atoms with Crippen molar-refractivity contribution in [1.82, 2.24) is 0 Å². The van der Waals surface area contributed by atoms with Gasteiger partial charge in [0.25, 0.3) is 0 Å². The highest BCUT2D eigenvalue weighted by molar-refractivity contribution is 5.85. The van der Waals surface area contributed by atoms with Gasteiger partial charge in [-0.25, -0.2) is 0 Å². The van der Waals surface area contributed by atoms with E-state index in [0.717, 1.165) is 31.7 Å². The molecule has 2 N–H and O–H groups in total. The summed E-state index contributed by atoms with van der Waals surface area (Å²) in [6.07, 6.45) is 2.01. The zero-order chi connectivity index (χ0) is 8.39. The van der Waals surface area contributed by atoms with Gasteiger partial charge < -0.3 is 10.5 Å². The smallest absolute Gasteiger partial charge is 0.122 e. The van der Waals surface area contributed by atoms with E-state index in [1.54, 1.807) is 0 Å². The van der Waals surface area contributed by atoms with Crippen LogP contribution in [0.1, 0.15) is 11.1 Å². The van der Waals surface area contributed by atoms with Crippen molar-refractivity contribution in [2.45, 2.75) is 12.8 Å². The molecule has 1 aliphatic rings. The largest absolute Gasteiger partial charge is 0.493 e. The summed E-state index contributed by atoms with van der Waals surface area (Å²) in [7, 11) is 0. The monoisotopic (exact) mass is 199 g/mol. The Hall–Kier alpha value is -0.730. The average molecular weight is 200 g/mol. The predicted molar refractivity (Wildman–Crippen MR) is 55.6 cm³/mol. The van der Waals surface area contributed by atoms with Crippen LogP contribution >= 0.6 is 12.4 Å². The van der Waals surface area contributed by atoms with Crippen LogP contribution in [-0.4, -0.2) is 13.2 Å². The van der Waals surface area contributed by atoms with E-state index in [1.165, 1.54) is 11.1 Å². The molecule has 1 aromatic rings. The van der Waals surface area contributed by atoms with E-state index in [2.05, 4.69) is 12.1 Å². The van der Waals surface area contributed by atoms with Crippen LogP contribution in [0.2, 0.25) is 0 Å². The molecule has 0 aliphatic carbocycles. The molecule has 0 unspecified atom stereocenters. The van der Waals surface area contributed by atoms with E-state index in [4.69, 9.17) is 10.5 Å². The van der Waals surface area contributed by atoms with Gasteiger partial charge in [-0.2, -0.15) is 0 Å². The molecule has 0 amide bonds. The molecule has 1 aromatic carbocycles. The highest BCUT2D eigenvalue weighted by atomic mass is 35.5. The highest BCUT2D eigenvalue weighted by Gasteiger charge is 2.11. The van der Waals surface area contributed by atoms with Crippen molar-refractivity contribution in [1.29, 1.82) is 0 Å². The molecule has 0 atom stereocenters. The molecule has 0 saturated heterocycles. The molecule has 72 valence electrons. The predicted octanol–water partition coefficient (Wildman–Crippen LogP) is 1.54. The third kappa shape index (κ3) is 2.14. The highest BCUT2D eigenvalue weighted by Crippen LogP contribution is 2.25. The number of ether oxygens (including phenoxy) is 1. The summed E-state index contributed by atoms with van der Waals surface area (Å²) < 4.78 is 5.40. The second kappa shape index (κ2) is 4.49. The minimum atomic E-state index is 0. The lowest BCUT2D eigenvalue weighted by molar-refractivity contribution is 0.357. The van der Waals surface area contributed by atoms with Gasteiger partial charge in [-0.15, -0.1) is 12.4 Å². The SMILES string of the molecule is Cl.NCCc1ccc2c(c1)CCO2. The van der Waals surface area contributed by atoms with Crippen LogP contribution in [0.3, 0.4) is 0 Å². The van der Waals surface area contributed by atoms with Crippen molar-refractivity contribution >= 4 is 12.4 Å². The number of halogens is 1. The molecule has 2 rings (SSSR count). The van der Waals surface area contributed by atoms with Crippen molar-refractivity contribution < 1.29 is 4.74 Å². The first-order chi connectivity index (χ1) is 5.90. The van der Waals surface area contributed by atoms with Gasteiger partial charge in [-0.05, 0) is 30.2 Å². The van der Waals surface area contributed by atoms with E-state index < -0.39 is 0 Å². The van der Waals surface area contributed by atoms with E-state index in [-0.39, 0.29) is 12.4 Å². The van der Waals surface area contributed by atoms with Gasteiger partial charge in [-0.1, -0.05) is 12.1 Å². The summed E-state index contributed by atoms with van der Waals surface area (Å²) in [5.74, 6) is 1.05. The Balaban J connectivity index is 0.000000845. The zero-order valence-corrected chi connectivity index (χ0v) is 8.27. The van der Waals surface area contributed by atoms with Gasteiger partial charge in [0.05, 0.1) is 6.61 Å². The molecule has 13 heavy (non-hydrogen) atoms. The minimum Gasteiger partial charge on any atom is -0.493 e. The Morgan fingerprint density at radius 1 is 1.38 bits per heavy atom. The Morgan fingerprint density at radius 2 is 2.23 bits per heavy atom. The van der Waals surface area contributed by atoms with Crippen molar-refractivity contribution in [3.05, 3.63) is 29.3 Å². The summed E-state index contributed by atoms with van der Waals surface area (Å²) in [6.45, 7) is 1.56. The van der Waals surface area contributed by atoms with Gasteiger partial charge in [-0.3, -0.25) is 0 Å². The third-order valence-electron chi connectivity index (χ3n) is 2.19. The first kappa shape index (κ1) is 10.4. The molecule has 0 spiro atoms. The van der Waals surface area contributed by atoms with Crippen molar-refractivity contribution in [2.24, 2.45) is 5.73 Å². The summed E-state index contributed by atoms with van der Waals surface area (Å²) in [6, 6.07) is 6.35. The van der Waals surface area contributed by atoms with E-state index >= 15 is 0 Å². The molecule has 1 heterocycles. The molecule has 0 radical (unpaired) electrons. The van der Waals surface area contributed by atoms with Crippen molar-refractivity contribution in [2.75, 3.05) is 13.2 Å². The molecule has 2 nitrogen and oxygen atoms in total. The first-order valence-electron chi connectivity index (χ1n) is 4.35. The maximum Gasteiger partial charge on any atom is 0.122 e. The summed E-state index contributed by atoms with van der Waals surface area (Å²) in [5.41, 5.74) is 8.13. The first-order valence-corrected chi connectivity index (χ1v) is 4.35. The van der Waals surface area contributed by atoms with Crippen LogP contribution in [0.15, 0.2) is 18.2 Å². The fourth-order valence-corrected chi connectivity index (χ4v) is 1.56. The van der Waals surface area contributed by atoms with E-state index in [0.29, 0.717) is 0 Å². The van der Waals surface area contributed by atoms with Crippen LogP contribution in [-0.2, 0) is 12.8 Å². The summed E-state index contributed by atoms with van der Waals surface area (Å²) in [5, 5.41) is 0. The van der Waals surface area contributed by atoms with E-state index in [9.17, 15) is 0 Å². The van der Waals surface area contributed by atoms with Crippen molar-refractivity contribution in [3.8, 4) is 5.75 Å². The molecule has 0 bridgehead atoms. The fraction of sp³-hybridized carbons (Fsp3) is 0.400. The van der Waals surface area contributed by atoms with Crippen LogP contribution in [0.5, 0.6) is 5.75 Å². The van der Waals surface area contributed by atoms with Gasteiger partial charge in [0.15, 0.2) is 0 Å². The molecular weight excluding hydrogens is 186 g/mol. The normalized spacial score (nSPS) is 13.0. The number of nitrogens with two attached hydrogens (primary N) is 1. The number of benzene rings is 1. The standard InChI is InChI=1S/C10H13NO.ClH/c11-5-3-8-1-2-10-9(7-8)4-6-12-10;/h1-2,7H,3-6,11H2;1H. The summed E-state index contributed by atoms with van der Waals surface area (Å²) in [4.78, 5) is 0. The van der Waals surface area contributed by atoms with Crippen LogP contribution in [0, 0.1) is 0 Å². The second-order valence-electron chi connectivity index (χ2n) is 3.08. The van der Waals surface area contributed by atoms with Gasteiger partial charge in [0, 0.05) is 6.42 Å². The average Bonchev–Trinajstić information content (AvgIpc) is 2.51. The lowest BCUT2D eigenvalue weighted by Gasteiger charge is -2.01. The van der Waals surface area contributed by atoms with Crippen LogP contribution in [0.25, 0.3) is 0 Å². The minimum absolute atomic E-state index is 0. The fourth-order valence-electron chi connectivity index (χ4n) is 1.56. The lowest BCUT2D eigenvalue weighted by atomic mass is 10.1. The molecule has 0 fully saturated rings. The molecular formula is C10H14ClNO. The summed E-state index contributed by atoms with van der Waals surface area (Å²) >= 11 is 0. The molecule has 0 aromatic heterocycles.